The van der Waals surface area contributed by atoms with Gasteiger partial charge in [-0.25, -0.2) is 4.98 Å². The molecular formula is C30H42N4O5. The number of carboxylic acids is 1. The maximum atomic E-state index is 13.4. The van der Waals surface area contributed by atoms with Crippen molar-refractivity contribution < 1.29 is 23.9 Å². The molecule has 0 unspecified atom stereocenters. The Labute approximate surface area is 231 Å². The minimum Gasteiger partial charge on any atom is -0.481 e. The number of anilines is 1. The summed E-state index contributed by atoms with van der Waals surface area (Å²) in [6.07, 6.45) is 12.7. The molecule has 0 spiro atoms. The van der Waals surface area contributed by atoms with E-state index in [1.807, 2.05) is 19.1 Å². The van der Waals surface area contributed by atoms with Gasteiger partial charge in [0.25, 0.3) is 5.91 Å². The summed E-state index contributed by atoms with van der Waals surface area (Å²) in [6, 6.07) is 7.35. The maximum Gasteiger partial charge on any atom is 0.303 e. The molecule has 1 aliphatic carbocycles. The fraction of sp³-hybridized carbons (Fsp3) is 0.600. The smallest absolute Gasteiger partial charge is 0.303 e. The van der Waals surface area contributed by atoms with E-state index in [1.165, 1.54) is 12.7 Å². The highest BCUT2D eigenvalue weighted by Crippen LogP contribution is 2.42. The van der Waals surface area contributed by atoms with Crippen LogP contribution in [-0.2, 0) is 9.59 Å². The Hall–Kier alpha value is -3.20. The third kappa shape index (κ3) is 8.14. The van der Waals surface area contributed by atoms with E-state index in [9.17, 15) is 14.4 Å². The van der Waals surface area contributed by atoms with Crippen molar-refractivity contribution in [2.24, 2.45) is 5.41 Å². The molecule has 39 heavy (non-hydrogen) atoms. The monoisotopic (exact) mass is 538 g/mol. The van der Waals surface area contributed by atoms with Crippen LogP contribution in [0.3, 0.4) is 0 Å². The average Bonchev–Trinajstić information content (AvgIpc) is 3.48. The van der Waals surface area contributed by atoms with Gasteiger partial charge in [0.15, 0.2) is 5.76 Å². The number of likely N-dealkylation sites (tertiary alicyclic amines) is 1. The molecule has 1 saturated heterocycles. The summed E-state index contributed by atoms with van der Waals surface area (Å²) < 4.78 is 5.44. The van der Waals surface area contributed by atoms with E-state index in [-0.39, 0.29) is 29.7 Å². The van der Waals surface area contributed by atoms with Crippen molar-refractivity contribution in [2.75, 3.05) is 31.1 Å². The van der Waals surface area contributed by atoms with Crippen molar-refractivity contribution in [3.8, 4) is 0 Å². The molecule has 0 radical (unpaired) electrons. The van der Waals surface area contributed by atoms with Gasteiger partial charge in [0, 0.05) is 44.7 Å². The molecule has 9 heteroatoms. The lowest BCUT2D eigenvalue weighted by Crippen LogP contribution is -2.48. The number of hydrogen-bond acceptors (Lipinski definition) is 6. The summed E-state index contributed by atoms with van der Waals surface area (Å²) in [5.74, 6) is 0.0145. The second-order valence-corrected chi connectivity index (χ2v) is 11.3. The Morgan fingerprint density at radius 1 is 1.15 bits per heavy atom. The van der Waals surface area contributed by atoms with Gasteiger partial charge in [-0.1, -0.05) is 25.3 Å². The van der Waals surface area contributed by atoms with Crippen LogP contribution in [0, 0.1) is 12.3 Å². The lowest BCUT2D eigenvalue weighted by atomic mass is 9.69. The fourth-order valence-corrected chi connectivity index (χ4v) is 6.06. The number of hydrogen-bond donors (Lipinski definition) is 2. The summed E-state index contributed by atoms with van der Waals surface area (Å²) in [6.45, 7) is 5.10. The number of carbonyl (C=O) groups excluding carboxylic acids is 2. The molecule has 1 saturated carbocycles. The van der Waals surface area contributed by atoms with Crippen molar-refractivity contribution in [2.45, 2.75) is 83.6 Å². The topological polar surface area (TPSA) is 116 Å². The molecule has 212 valence electrons. The Morgan fingerprint density at radius 3 is 2.56 bits per heavy atom. The Kier molecular flexibility index (Phi) is 10.1. The Morgan fingerprint density at radius 2 is 1.92 bits per heavy atom. The predicted molar refractivity (Wildman–Crippen MR) is 149 cm³/mol. The number of carbonyl (C=O) groups is 3. The SMILES string of the molecule is Cc1ccc(N(C(=O)c2ccco2)C2CCN(CCC3(CC(=O)NCCCC(=O)O)CCCCC3)CC2)nc1. The van der Waals surface area contributed by atoms with Gasteiger partial charge in [0.1, 0.15) is 5.82 Å². The summed E-state index contributed by atoms with van der Waals surface area (Å²) in [5, 5.41) is 11.8. The molecular weight excluding hydrogens is 496 g/mol. The molecule has 9 nitrogen and oxygen atoms in total. The second-order valence-electron chi connectivity index (χ2n) is 11.3. The molecule has 0 atom stereocenters. The lowest BCUT2D eigenvalue weighted by Gasteiger charge is -2.41. The van der Waals surface area contributed by atoms with E-state index >= 15 is 0 Å². The zero-order valence-electron chi connectivity index (χ0n) is 23.1. The highest BCUT2D eigenvalue weighted by Gasteiger charge is 2.36. The molecule has 2 aromatic rings. The number of furan rings is 1. The van der Waals surface area contributed by atoms with Crippen LogP contribution in [0.15, 0.2) is 41.1 Å². The van der Waals surface area contributed by atoms with Gasteiger partial charge in [0.2, 0.25) is 5.91 Å². The highest BCUT2D eigenvalue weighted by molar-refractivity contribution is 6.04. The number of nitrogens with zero attached hydrogens (tertiary/aromatic N) is 3. The van der Waals surface area contributed by atoms with Gasteiger partial charge in [-0.05, 0) is 81.2 Å². The van der Waals surface area contributed by atoms with E-state index in [1.54, 1.807) is 23.2 Å². The highest BCUT2D eigenvalue weighted by atomic mass is 16.4. The Bertz CT molecular complexity index is 1070. The molecule has 3 heterocycles. The van der Waals surface area contributed by atoms with Crippen molar-refractivity contribution >= 4 is 23.6 Å². The molecule has 2 N–H and O–H groups in total. The second kappa shape index (κ2) is 13.7. The number of aryl methyl sites for hydroxylation is 1. The molecule has 2 aromatic heterocycles. The van der Waals surface area contributed by atoms with Gasteiger partial charge in [-0.3, -0.25) is 19.3 Å². The first kappa shape index (κ1) is 28.8. The van der Waals surface area contributed by atoms with E-state index in [4.69, 9.17) is 9.52 Å². The number of aliphatic carboxylic acids is 1. The van der Waals surface area contributed by atoms with Crippen molar-refractivity contribution in [3.05, 3.63) is 48.0 Å². The molecule has 2 amide bonds. The van der Waals surface area contributed by atoms with Crippen molar-refractivity contribution in [1.29, 1.82) is 0 Å². The minimum atomic E-state index is -0.833. The van der Waals surface area contributed by atoms with Gasteiger partial charge in [0.05, 0.1) is 6.26 Å². The lowest BCUT2D eigenvalue weighted by molar-refractivity contribution is -0.137. The number of nitrogens with one attached hydrogen (secondary N) is 1. The number of pyridine rings is 1. The van der Waals surface area contributed by atoms with Crippen LogP contribution in [0.5, 0.6) is 0 Å². The third-order valence-corrected chi connectivity index (χ3v) is 8.31. The molecule has 0 aromatic carbocycles. The summed E-state index contributed by atoms with van der Waals surface area (Å²) in [4.78, 5) is 45.7. The van der Waals surface area contributed by atoms with E-state index in [2.05, 4.69) is 15.2 Å². The van der Waals surface area contributed by atoms with Crippen LogP contribution in [0.4, 0.5) is 5.82 Å². The molecule has 2 aliphatic rings. The number of aromatic nitrogens is 1. The zero-order valence-corrected chi connectivity index (χ0v) is 23.1. The third-order valence-electron chi connectivity index (χ3n) is 8.31. The van der Waals surface area contributed by atoms with E-state index in [0.29, 0.717) is 31.0 Å². The number of rotatable bonds is 12. The van der Waals surface area contributed by atoms with E-state index < -0.39 is 5.97 Å². The first-order valence-corrected chi connectivity index (χ1v) is 14.4. The normalized spacial score (nSPS) is 18.0. The van der Waals surface area contributed by atoms with Crippen LogP contribution in [0.2, 0.25) is 0 Å². The standard InChI is InChI=1S/C30H42N4O5/c1-23-9-10-26(32-22-23)34(29(38)25-7-6-20-39-25)24-11-17-33(18-12-24)19-15-30(13-3-2-4-14-30)21-27(35)31-16-5-8-28(36)37/h6-7,9-10,20,22,24H,2-5,8,11-19,21H2,1H3,(H,31,35)(H,36,37). The minimum absolute atomic E-state index is 0.0130. The largest absolute Gasteiger partial charge is 0.481 e. The fourth-order valence-electron chi connectivity index (χ4n) is 6.06. The average molecular weight is 539 g/mol. The van der Waals surface area contributed by atoms with Gasteiger partial charge < -0.3 is 19.7 Å². The number of carboxylic acid groups (broad SMARTS) is 1. The molecule has 1 aliphatic heterocycles. The van der Waals surface area contributed by atoms with Crippen LogP contribution >= 0.6 is 0 Å². The van der Waals surface area contributed by atoms with Crippen molar-refractivity contribution in [3.63, 3.8) is 0 Å². The molecule has 0 bridgehead atoms. The quantitative estimate of drug-likeness (QED) is 0.373. The van der Waals surface area contributed by atoms with Crippen LogP contribution in [-0.4, -0.2) is 65.0 Å². The first-order chi connectivity index (χ1) is 18.8. The molecule has 2 fully saturated rings. The summed E-state index contributed by atoms with van der Waals surface area (Å²) in [5.41, 5.74) is 1.06. The predicted octanol–water partition coefficient (Wildman–Crippen LogP) is 4.81. The van der Waals surface area contributed by atoms with Crippen molar-refractivity contribution in [1.82, 2.24) is 15.2 Å². The number of piperidine rings is 1. The van der Waals surface area contributed by atoms with Crippen LogP contribution in [0.1, 0.15) is 86.7 Å². The van der Waals surface area contributed by atoms with Gasteiger partial charge in [-0.15, -0.1) is 0 Å². The van der Waals surface area contributed by atoms with Crippen LogP contribution in [0.25, 0.3) is 0 Å². The van der Waals surface area contributed by atoms with Gasteiger partial charge in [-0.2, -0.15) is 0 Å². The molecule has 4 rings (SSSR count). The van der Waals surface area contributed by atoms with Crippen LogP contribution < -0.4 is 10.2 Å². The Balaban J connectivity index is 1.33. The summed E-state index contributed by atoms with van der Waals surface area (Å²) >= 11 is 0. The zero-order chi connectivity index (χ0) is 27.7. The maximum absolute atomic E-state index is 13.4. The first-order valence-electron chi connectivity index (χ1n) is 14.4. The van der Waals surface area contributed by atoms with E-state index in [0.717, 1.165) is 70.1 Å². The van der Waals surface area contributed by atoms with Gasteiger partial charge >= 0.3 is 5.97 Å². The summed E-state index contributed by atoms with van der Waals surface area (Å²) in [7, 11) is 0. The number of amides is 2.